The van der Waals surface area contributed by atoms with E-state index < -0.39 is 12.7 Å². The Hall–Kier alpha value is -6.35. The third-order valence-electron chi connectivity index (χ3n) is 12.8. The Morgan fingerprint density at radius 3 is 1.97 bits per heavy atom. The second kappa shape index (κ2) is 19.1. The van der Waals surface area contributed by atoms with E-state index in [-0.39, 0.29) is 44.1 Å². The van der Waals surface area contributed by atoms with Crippen molar-refractivity contribution >= 4 is 11.0 Å². The number of fused-ring (bicyclic) bond motifs is 1. The Morgan fingerprint density at radius 1 is 0.612 bits per heavy atom. The van der Waals surface area contributed by atoms with Crippen molar-refractivity contribution in [2.45, 2.75) is 92.3 Å². The van der Waals surface area contributed by atoms with E-state index in [9.17, 15) is 5.11 Å². The molecule has 0 spiro atoms. The van der Waals surface area contributed by atoms with Crippen molar-refractivity contribution < 1.29 is 31.7 Å². The zero-order chi connectivity index (χ0) is 49.9. The minimum absolute atomic E-state index is 0. The molecule has 0 fully saturated rings. The van der Waals surface area contributed by atoms with Gasteiger partial charge in [-0.25, -0.2) is 4.98 Å². The summed E-state index contributed by atoms with van der Waals surface area (Å²) in [6, 6.07) is 54.8. The molecule has 0 aliphatic carbocycles. The number of pyridine rings is 1. The van der Waals surface area contributed by atoms with E-state index in [0.29, 0.717) is 22.6 Å². The van der Waals surface area contributed by atoms with Crippen molar-refractivity contribution in [3.63, 3.8) is 0 Å². The molecule has 9 aromatic rings. The quantitative estimate of drug-likeness (QED) is 0.139. The summed E-state index contributed by atoms with van der Waals surface area (Å²) in [7, 11) is 0. The van der Waals surface area contributed by atoms with Crippen molar-refractivity contribution in [1.29, 1.82) is 0 Å². The van der Waals surface area contributed by atoms with Crippen LogP contribution in [0.5, 0.6) is 5.75 Å². The summed E-state index contributed by atoms with van der Waals surface area (Å²) >= 11 is 0. The van der Waals surface area contributed by atoms with Gasteiger partial charge < -0.3 is 5.11 Å². The molecule has 67 heavy (non-hydrogen) atoms. The van der Waals surface area contributed by atoms with Gasteiger partial charge in [-0.2, -0.15) is 0 Å². The molecule has 0 atom stereocenters. The number of aromatic hydroxyl groups is 1. The van der Waals surface area contributed by atoms with Crippen LogP contribution >= 0.6 is 0 Å². The first-order valence-electron chi connectivity index (χ1n) is 25.0. The van der Waals surface area contributed by atoms with E-state index in [4.69, 9.17) is 15.5 Å². The Kier molecular flexibility index (Phi) is 12.0. The monoisotopic (exact) mass is 1060 g/mol. The molecule has 2 heterocycles. The molecule has 0 saturated heterocycles. The molecule has 340 valence electrons. The van der Waals surface area contributed by atoms with Gasteiger partial charge in [0.1, 0.15) is 11.6 Å². The minimum Gasteiger partial charge on any atom is -0.507 e. The van der Waals surface area contributed by atoms with E-state index in [1.54, 1.807) is 18.3 Å². The van der Waals surface area contributed by atoms with Crippen molar-refractivity contribution in [3.05, 3.63) is 192 Å². The van der Waals surface area contributed by atoms with Gasteiger partial charge in [0, 0.05) is 44.0 Å². The van der Waals surface area contributed by atoms with Gasteiger partial charge in [-0.05, 0) is 105 Å². The first-order valence-corrected chi connectivity index (χ1v) is 23.0. The van der Waals surface area contributed by atoms with E-state index in [0.717, 1.165) is 83.5 Å². The van der Waals surface area contributed by atoms with Gasteiger partial charge in [-0.3, -0.25) is 9.55 Å². The van der Waals surface area contributed by atoms with Gasteiger partial charge in [-0.1, -0.05) is 194 Å². The SMILES string of the molecule is [2H]C([2H])([2H])c1ccc(-c2ccnc(-c3[c-]c(-c4cccc5c4nc(-c4cc(C(C)C)cc(C(C)C)c4O)n5-c4ccc(C([2H])(C)C)cc4-c4ccc(C(C)(C)C)cc4)cc(-c4ccccc4)c3)c2)cc1.[Pt]. The van der Waals surface area contributed by atoms with Crippen LogP contribution in [0, 0.1) is 12.9 Å². The van der Waals surface area contributed by atoms with Gasteiger partial charge in [0.15, 0.2) is 0 Å². The van der Waals surface area contributed by atoms with Gasteiger partial charge >= 0.3 is 0 Å². The molecule has 0 aliphatic heterocycles. The summed E-state index contributed by atoms with van der Waals surface area (Å²) in [6.45, 7) is 16.9. The van der Waals surface area contributed by atoms with Gasteiger partial charge in [-0.15, -0.1) is 23.8 Å². The summed E-state index contributed by atoms with van der Waals surface area (Å²) in [5.74, 6) is 0.188. The normalized spacial score (nSPS) is 13.0. The number of phenolic OH excluding ortho intramolecular Hbond substituents is 1. The summed E-state index contributed by atoms with van der Waals surface area (Å²) in [5.41, 5.74) is 16.4. The topological polar surface area (TPSA) is 50.9 Å². The molecule has 9 rings (SSSR count). The van der Waals surface area contributed by atoms with E-state index in [1.165, 1.54) is 5.56 Å². The van der Waals surface area contributed by atoms with Crippen LogP contribution in [0.25, 0.3) is 83.9 Å². The molecule has 0 unspecified atom stereocenters. The average molecular weight is 1060 g/mol. The van der Waals surface area contributed by atoms with E-state index in [2.05, 4.69) is 150 Å². The summed E-state index contributed by atoms with van der Waals surface area (Å²) in [6.07, 6.45) is 1.78. The zero-order valence-corrected chi connectivity index (χ0v) is 42.0. The van der Waals surface area contributed by atoms with E-state index in [1.807, 2.05) is 62.4 Å². The van der Waals surface area contributed by atoms with Gasteiger partial charge in [0.25, 0.3) is 0 Å². The van der Waals surface area contributed by atoms with Crippen LogP contribution in [0.1, 0.15) is 113 Å². The summed E-state index contributed by atoms with van der Waals surface area (Å²) in [5, 5.41) is 12.4. The van der Waals surface area contributed by atoms with Crippen LogP contribution in [-0.4, -0.2) is 19.6 Å². The number of nitrogens with zero attached hydrogens (tertiary/aromatic N) is 3. The Morgan fingerprint density at radius 2 is 1.30 bits per heavy atom. The Balaban J connectivity index is 0.00000676. The molecule has 5 heteroatoms. The number of para-hydroxylation sites is 1. The molecule has 0 aliphatic rings. The Bertz CT molecular complexity index is 3380. The molecule has 7 aromatic carbocycles. The maximum atomic E-state index is 12.4. The Labute approximate surface area is 417 Å². The van der Waals surface area contributed by atoms with Crippen LogP contribution < -0.4 is 0 Å². The second-order valence-electron chi connectivity index (χ2n) is 19.4. The predicted octanol–water partition coefficient (Wildman–Crippen LogP) is 16.9. The largest absolute Gasteiger partial charge is 0.507 e. The number of benzene rings is 7. The molecular weight excluding hydrogens is 998 g/mol. The fraction of sp³-hybridized carbons (Fsp3) is 0.226. The molecule has 0 radical (unpaired) electrons. The number of phenols is 1. The number of hydrogen-bond donors (Lipinski definition) is 1. The number of aromatic nitrogens is 3. The third-order valence-corrected chi connectivity index (χ3v) is 12.8. The standard InChI is InChI=1S/C62H60N3O.Pt/c1-38(2)45-25-28-57(54(34-45)44-23-26-51(27-24-44)62(8,9)10)65-58-18-14-17-52(59(58)64-61(65)55-36-47(39(3)4)35-53(40(5)6)60(55)66)49-31-48(42-15-12-11-13-16-42)32-50(33-49)56-37-46(29-30-63-56)43-21-19-41(7)20-22-43;/h11-32,34-40,66H,1-10H3;/q-1;/i7D3,38D;. The molecule has 0 amide bonds. The zero-order valence-electron chi connectivity index (χ0n) is 43.8. The maximum absolute atomic E-state index is 12.4. The van der Waals surface area contributed by atoms with Gasteiger partial charge in [0.05, 0.1) is 22.3 Å². The summed E-state index contributed by atoms with van der Waals surface area (Å²) < 4.78 is 35.0. The first kappa shape index (κ1) is 42.0. The van der Waals surface area contributed by atoms with Crippen LogP contribution in [0.2, 0.25) is 0 Å². The third kappa shape index (κ3) is 9.47. The van der Waals surface area contributed by atoms with Crippen LogP contribution in [0.4, 0.5) is 0 Å². The number of rotatable bonds is 10. The van der Waals surface area contributed by atoms with Crippen molar-refractivity contribution in [1.82, 2.24) is 14.5 Å². The maximum Gasteiger partial charge on any atom is 0.148 e. The van der Waals surface area contributed by atoms with Crippen LogP contribution in [0.3, 0.4) is 0 Å². The fourth-order valence-electron chi connectivity index (χ4n) is 8.86. The number of hydrogen-bond acceptors (Lipinski definition) is 3. The molecule has 1 N–H and O–H groups in total. The molecule has 2 aromatic heterocycles. The average Bonchev–Trinajstić information content (AvgIpc) is 3.72. The fourth-order valence-corrected chi connectivity index (χ4v) is 8.86. The van der Waals surface area contributed by atoms with Crippen LogP contribution in [-0.2, 0) is 26.5 Å². The van der Waals surface area contributed by atoms with Crippen molar-refractivity contribution in [3.8, 4) is 78.6 Å². The summed E-state index contributed by atoms with van der Waals surface area (Å²) in [4.78, 5) is 10.5. The predicted molar refractivity (Wildman–Crippen MR) is 278 cm³/mol. The molecule has 0 saturated carbocycles. The van der Waals surface area contributed by atoms with Gasteiger partial charge in [0.2, 0.25) is 0 Å². The van der Waals surface area contributed by atoms with Crippen molar-refractivity contribution in [2.24, 2.45) is 0 Å². The second-order valence-corrected chi connectivity index (χ2v) is 19.4. The number of aryl methyl sites for hydroxylation is 1. The molecule has 4 nitrogen and oxygen atoms in total. The smallest absolute Gasteiger partial charge is 0.148 e. The molecule has 0 bridgehead atoms. The van der Waals surface area contributed by atoms with Crippen LogP contribution in [0.15, 0.2) is 158 Å². The van der Waals surface area contributed by atoms with Crippen molar-refractivity contribution in [2.75, 3.05) is 0 Å². The minimum atomic E-state index is -2.19. The number of imidazole rings is 1. The first-order chi connectivity index (χ1) is 33.2. The molecular formula is C62H60N3OPt-. The van der Waals surface area contributed by atoms with E-state index >= 15 is 0 Å².